The van der Waals surface area contributed by atoms with E-state index in [0.29, 0.717) is 26.6 Å². The van der Waals surface area contributed by atoms with Gasteiger partial charge in [-0.3, -0.25) is 0 Å². The number of rotatable bonds is 4. The van der Waals surface area contributed by atoms with Crippen molar-refractivity contribution in [2.75, 3.05) is 5.73 Å². The Morgan fingerprint density at radius 2 is 1.96 bits per heavy atom. The number of nitrogen functional groups attached to an aromatic ring is 1. The number of carbonyl (C=O) groups excluding carboxylic acids is 2. The van der Waals surface area contributed by atoms with Crippen LogP contribution in [0.25, 0.3) is 11.0 Å². The number of hydrogen-bond acceptors (Lipinski definition) is 7. The van der Waals surface area contributed by atoms with E-state index < -0.39 is 27.3 Å². The molecule has 0 aliphatic carbocycles. The van der Waals surface area contributed by atoms with Gasteiger partial charge in [-0.15, -0.1) is 0 Å². The zero-order valence-electron chi connectivity index (χ0n) is 15.6. The van der Waals surface area contributed by atoms with Crippen LogP contribution in [-0.2, 0) is 4.74 Å². The Balaban J connectivity index is 1.97. The number of nitrogens with two attached hydrogens (primary N) is 1. The molecule has 8 heteroatoms. The van der Waals surface area contributed by atoms with E-state index in [4.69, 9.17) is 20.3 Å². The van der Waals surface area contributed by atoms with E-state index in [1.54, 1.807) is 51.1 Å². The summed E-state index contributed by atoms with van der Waals surface area (Å²) in [6.45, 7) is 5.27. The van der Waals surface area contributed by atoms with Crippen LogP contribution in [0.3, 0.4) is 0 Å². The second-order valence-corrected chi connectivity index (χ2v) is 9.72. The third-order valence-electron chi connectivity index (χ3n) is 3.72. The summed E-state index contributed by atoms with van der Waals surface area (Å²) in [6, 6.07) is 11.6. The monoisotopic (exact) mass is 439 g/mol. The Labute approximate surface area is 168 Å². The van der Waals surface area contributed by atoms with Crippen molar-refractivity contribution in [1.82, 2.24) is 5.16 Å². The van der Waals surface area contributed by atoms with Crippen molar-refractivity contribution in [2.45, 2.75) is 26.4 Å². The molecule has 3 aromatic rings. The van der Waals surface area contributed by atoms with Crippen molar-refractivity contribution in [3.05, 3.63) is 53.2 Å². The molecule has 142 valence electrons. The van der Waals surface area contributed by atoms with Crippen molar-refractivity contribution < 1.29 is 18.8 Å². The number of ether oxygens (including phenoxy) is 1. The van der Waals surface area contributed by atoms with Crippen molar-refractivity contribution >= 4 is 47.3 Å². The summed E-state index contributed by atoms with van der Waals surface area (Å²) in [4.78, 5) is 25.5. The molecule has 0 saturated heterocycles. The normalized spacial score (nSPS) is 11.6. The van der Waals surface area contributed by atoms with E-state index in [1.165, 1.54) is 6.07 Å². The minimum atomic E-state index is -1.47. The molecular formula is C20H18AsN3O4. The number of hydrogen-bond donors (Lipinski definition) is 1. The maximum atomic E-state index is 12.9. The van der Waals surface area contributed by atoms with Crippen LogP contribution in [0.15, 0.2) is 40.9 Å². The summed E-state index contributed by atoms with van der Waals surface area (Å²) >= 11 is -1.47. The molecule has 3 rings (SSSR count). The first-order chi connectivity index (χ1) is 13.2. The molecule has 0 aliphatic heterocycles. The zero-order chi connectivity index (χ0) is 20.5. The fourth-order valence-electron chi connectivity index (χ4n) is 2.53. The van der Waals surface area contributed by atoms with E-state index in [0.717, 1.165) is 0 Å². The van der Waals surface area contributed by atoms with Crippen molar-refractivity contribution in [1.29, 1.82) is 5.26 Å². The molecule has 0 spiro atoms. The van der Waals surface area contributed by atoms with Crippen LogP contribution in [0.2, 0.25) is 0 Å². The average molecular weight is 439 g/mol. The third kappa shape index (κ3) is 4.24. The predicted molar refractivity (Wildman–Crippen MR) is 106 cm³/mol. The van der Waals surface area contributed by atoms with Crippen molar-refractivity contribution in [3.63, 3.8) is 0 Å². The first-order valence-electron chi connectivity index (χ1n) is 8.42. The van der Waals surface area contributed by atoms with Gasteiger partial charge in [-0.25, -0.2) is 0 Å². The summed E-state index contributed by atoms with van der Waals surface area (Å²) in [5.41, 5.74) is 6.82. The fraction of sp³-hybridized carbons (Fsp3) is 0.200. The number of carbonyl (C=O) groups is 2. The molecule has 1 unspecified atom stereocenters. The second-order valence-electron chi connectivity index (χ2n) is 7.11. The van der Waals surface area contributed by atoms with E-state index >= 15 is 0 Å². The van der Waals surface area contributed by atoms with Gasteiger partial charge in [0, 0.05) is 0 Å². The zero-order valence-corrected chi connectivity index (χ0v) is 17.7. The molecule has 1 atom stereocenters. The summed E-state index contributed by atoms with van der Waals surface area (Å²) in [7, 11) is 0. The average Bonchev–Trinajstić information content (AvgIpc) is 3.03. The fourth-order valence-corrected chi connectivity index (χ4v) is 4.66. The van der Waals surface area contributed by atoms with Crippen LogP contribution in [-0.4, -0.2) is 37.1 Å². The maximum absolute atomic E-state index is 12.9. The molecule has 0 aliphatic rings. The van der Waals surface area contributed by atoms with Gasteiger partial charge in [-0.2, -0.15) is 0 Å². The molecule has 0 radical (unpaired) electrons. The van der Waals surface area contributed by atoms with E-state index in [-0.39, 0.29) is 15.8 Å². The Bertz CT molecular complexity index is 1120. The number of benzene rings is 2. The number of nitrogens with zero attached hydrogens (tertiary/aromatic N) is 2. The standard InChI is InChI=1S/C20H18AsN3O4/c1-20(2,3)27-19(26)13-8-11(10-22)4-6-15(13)21-18(25)17-14-9-12(23)5-7-16(14)28-24-17/h4-9,21H,23H2,1-3H3. The Kier molecular flexibility index (Phi) is 5.26. The predicted octanol–water partition coefficient (Wildman–Crippen LogP) is 2.14. The van der Waals surface area contributed by atoms with Crippen LogP contribution in [0.1, 0.15) is 47.2 Å². The van der Waals surface area contributed by atoms with Gasteiger partial charge in [-0.05, 0) is 0 Å². The molecule has 2 aromatic carbocycles. The topological polar surface area (TPSA) is 119 Å². The molecule has 7 nitrogen and oxygen atoms in total. The van der Waals surface area contributed by atoms with E-state index in [9.17, 15) is 9.59 Å². The SMILES string of the molecule is CC(C)(C)OC(=O)c1cc(C#N)ccc1[AsH]C(=O)c1noc2ccc(N)cc12. The Morgan fingerprint density at radius 1 is 1.21 bits per heavy atom. The summed E-state index contributed by atoms with van der Waals surface area (Å²) in [5.74, 6) is -0.564. The van der Waals surface area contributed by atoms with Gasteiger partial charge in [0.1, 0.15) is 0 Å². The quantitative estimate of drug-likeness (QED) is 0.376. The van der Waals surface area contributed by atoms with Crippen LogP contribution >= 0.6 is 0 Å². The van der Waals surface area contributed by atoms with Crippen molar-refractivity contribution in [3.8, 4) is 6.07 Å². The Hall–Kier alpha value is -3.10. The number of nitriles is 1. The molecule has 28 heavy (non-hydrogen) atoms. The molecule has 2 N–H and O–H groups in total. The van der Waals surface area contributed by atoms with Gasteiger partial charge in [0.2, 0.25) is 0 Å². The molecular weight excluding hydrogens is 421 g/mol. The van der Waals surface area contributed by atoms with Crippen molar-refractivity contribution in [2.24, 2.45) is 0 Å². The summed E-state index contributed by atoms with van der Waals surface area (Å²) < 4.78 is 11.0. The van der Waals surface area contributed by atoms with Gasteiger partial charge >= 0.3 is 168 Å². The van der Waals surface area contributed by atoms with Crippen LogP contribution in [0.4, 0.5) is 5.69 Å². The van der Waals surface area contributed by atoms with Gasteiger partial charge in [-0.1, -0.05) is 0 Å². The number of esters is 1. The molecule has 1 heterocycles. The molecule has 0 bridgehead atoms. The number of fused-ring (bicyclic) bond motifs is 1. The van der Waals surface area contributed by atoms with E-state index in [1.807, 2.05) is 6.07 Å². The van der Waals surface area contributed by atoms with Crippen LogP contribution in [0, 0.1) is 11.3 Å². The minimum absolute atomic E-state index is 0.196. The summed E-state index contributed by atoms with van der Waals surface area (Å²) in [5, 5.41) is 13.6. The molecule has 0 saturated carbocycles. The number of anilines is 1. The third-order valence-corrected chi connectivity index (χ3v) is 6.18. The molecule has 0 fully saturated rings. The summed E-state index contributed by atoms with van der Waals surface area (Å²) in [6.07, 6.45) is 0. The van der Waals surface area contributed by atoms with Gasteiger partial charge in [0.15, 0.2) is 0 Å². The molecule has 1 aromatic heterocycles. The van der Waals surface area contributed by atoms with Gasteiger partial charge < -0.3 is 0 Å². The molecule has 0 amide bonds. The van der Waals surface area contributed by atoms with Gasteiger partial charge in [0.25, 0.3) is 0 Å². The van der Waals surface area contributed by atoms with E-state index in [2.05, 4.69) is 5.16 Å². The van der Waals surface area contributed by atoms with Crippen LogP contribution < -0.4 is 10.1 Å². The van der Waals surface area contributed by atoms with Crippen LogP contribution in [0.5, 0.6) is 0 Å². The second kappa shape index (κ2) is 7.49. The Morgan fingerprint density at radius 3 is 2.64 bits per heavy atom. The number of aromatic nitrogens is 1. The first kappa shape index (κ1) is 19.7. The first-order valence-corrected chi connectivity index (χ1v) is 10.5. The van der Waals surface area contributed by atoms with Gasteiger partial charge in [0.05, 0.1) is 0 Å².